The van der Waals surface area contributed by atoms with Crippen LogP contribution in [0.1, 0.15) is 4.88 Å². The van der Waals surface area contributed by atoms with Gasteiger partial charge in [-0.3, -0.25) is 4.21 Å². The first-order valence-electron chi connectivity index (χ1n) is 6.16. The molecular weight excluding hydrogens is 361 g/mol. The van der Waals surface area contributed by atoms with E-state index in [4.69, 9.17) is 17.3 Å². The van der Waals surface area contributed by atoms with Gasteiger partial charge in [0.25, 0.3) is 0 Å². The zero-order valence-corrected chi connectivity index (χ0v) is 15.6. The summed E-state index contributed by atoms with van der Waals surface area (Å²) in [5, 5.41) is 0. The summed E-state index contributed by atoms with van der Waals surface area (Å²) < 4.78 is 12.2. The topological polar surface area (TPSA) is 58.7 Å². The Kier molecular flexibility index (Phi) is 6.87. The average Bonchev–Trinajstić information content (AvgIpc) is 2.76. The molecular formula is C14H17Cl2N3OS2. The zero-order valence-electron chi connectivity index (χ0n) is 12.4. The van der Waals surface area contributed by atoms with Crippen molar-refractivity contribution in [3.63, 3.8) is 0 Å². The number of benzene rings is 1. The Balaban J connectivity index is 0.00000242. The molecule has 1 unspecified atom stereocenters. The van der Waals surface area contributed by atoms with Crippen LogP contribution in [0.5, 0.6) is 0 Å². The molecule has 1 aromatic heterocycles. The van der Waals surface area contributed by atoms with Gasteiger partial charge in [-0.2, -0.15) is 0 Å². The molecule has 0 bridgehead atoms. The second-order valence-electron chi connectivity index (χ2n) is 4.50. The molecule has 4 nitrogen and oxygen atoms in total. The minimum absolute atomic E-state index is 0. The molecule has 0 aliphatic rings. The van der Waals surface area contributed by atoms with Crippen LogP contribution < -0.4 is 10.6 Å². The van der Waals surface area contributed by atoms with E-state index in [1.54, 1.807) is 11.2 Å². The van der Waals surface area contributed by atoms with E-state index in [0.717, 1.165) is 15.5 Å². The fourth-order valence-electron chi connectivity index (χ4n) is 1.75. The highest BCUT2D eigenvalue weighted by molar-refractivity contribution is 7.84. The number of nitrogens with zero attached hydrogens (tertiary/aromatic N) is 2. The van der Waals surface area contributed by atoms with Crippen molar-refractivity contribution in [2.24, 2.45) is 10.7 Å². The van der Waals surface area contributed by atoms with Gasteiger partial charge >= 0.3 is 0 Å². The zero-order chi connectivity index (χ0) is 15.6. The third kappa shape index (κ3) is 4.46. The predicted molar refractivity (Wildman–Crippen MR) is 99.8 cm³/mol. The van der Waals surface area contributed by atoms with Crippen LogP contribution >= 0.6 is 35.3 Å². The SMILES string of the molecule is Cc1cc(N=C(N)N(C)c2cccc(S(C)=O)c2)c(Cl)s1.Cl. The Morgan fingerprint density at radius 2 is 2.09 bits per heavy atom. The van der Waals surface area contributed by atoms with E-state index in [1.807, 2.05) is 44.3 Å². The Labute approximate surface area is 147 Å². The molecule has 1 heterocycles. The summed E-state index contributed by atoms with van der Waals surface area (Å²) in [6.07, 6.45) is 1.64. The molecule has 0 spiro atoms. The molecule has 1 atom stereocenters. The van der Waals surface area contributed by atoms with Gasteiger partial charge in [0, 0.05) is 39.6 Å². The van der Waals surface area contributed by atoms with Crippen molar-refractivity contribution in [2.75, 3.05) is 18.2 Å². The van der Waals surface area contributed by atoms with Crippen LogP contribution in [-0.2, 0) is 10.8 Å². The number of hydrogen-bond acceptors (Lipinski definition) is 3. The molecule has 0 amide bonds. The largest absolute Gasteiger partial charge is 0.369 e. The van der Waals surface area contributed by atoms with Gasteiger partial charge in [-0.25, -0.2) is 4.99 Å². The van der Waals surface area contributed by atoms with Crippen LogP contribution in [0.15, 0.2) is 40.2 Å². The molecule has 2 N–H and O–H groups in total. The predicted octanol–water partition coefficient (Wildman–Crippen LogP) is 3.95. The summed E-state index contributed by atoms with van der Waals surface area (Å²) >= 11 is 7.57. The lowest BCUT2D eigenvalue weighted by Crippen LogP contribution is -2.33. The van der Waals surface area contributed by atoms with E-state index >= 15 is 0 Å². The molecule has 0 aliphatic heterocycles. The maximum absolute atomic E-state index is 11.5. The molecule has 120 valence electrons. The summed E-state index contributed by atoms with van der Waals surface area (Å²) in [7, 11) is 0.775. The van der Waals surface area contributed by atoms with Crippen molar-refractivity contribution in [3.05, 3.63) is 39.5 Å². The van der Waals surface area contributed by atoms with Crippen molar-refractivity contribution >= 4 is 63.5 Å². The van der Waals surface area contributed by atoms with Crippen molar-refractivity contribution in [1.82, 2.24) is 0 Å². The minimum atomic E-state index is -1.03. The first-order valence-corrected chi connectivity index (χ1v) is 8.91. The van der Waals surface area contributed by atoms with E-state index in [2.05, 4.69) is 4.99 Å². The summed E-state index contributed by atoms with van der Waals surface area (Å²) in [5.74, 6) is 0.328. The highest BCUT2D eigenvalue weighted by Gasteiger charge is 2.10. The molecule has 0 fully saturated rings. The lowest BCUT2D eigenvalue weighted by molar-refractivity contribution is 0.687. The summed E-state index contributed by atoms with van der Waals surface area (Å²) in [6.45, 7) is 1.97. The van der Waals surface area contributed by atoms with Crippen LogP contribution in [0.25, 0.3) is 0 Å². The number of thiophene rings is 1. The molecule has 0 saturated heterocycles. The van der Waals surface area contributed by atoms with Gasteiger partial charge in [0.2, 0.25) is 5.96 Å². The van der Waals surface area contributed by atoms with Crippen LogP contribution in [0.4, 0.5) is 11.4 Å². The molecule has 2 aromatic rings. The Morgan fingerprint density at radius 3 is 2.64 bits per heavy atom. The quantitative estimate of drug-likeness (QED) is 0.650. The molecule has 0 radical (unpaired) electrons. The van der Waals surface area contributed by atoms with Crippen molar-refractivity contribution < 1.29 is 4.21 Å². The number of aliphatic imine (C=N–C) groups is 1. The third-order valence-electron chi connectivity index (χ3n) is 2.91. The number of nitrogens with two attached hydrogens (primary N) is 1. The standard InChI is InChI=1S/C14H16ClN3OS2.ClH/c1-9-7-12(13(15)20-9)17-14(16)18(2)10-5-4-6-11(8-10)21(3)19;/h4-8H,1-3H3,(H2,16,17);1H. The summed E-state index contributed by atoms with van der Waals surface area (Å²) in [5.41, 5.74) is 7.52. The molecule has 1 aromatic carbocycles. The first-order chi connectivity index (χ1) is 9.88. The van der Waals surface area contributed by atoms with Crippen molar-refractivity contribution in [1.29, 1.82) is 0 Å². The number of aryl methyl sites for hydroxylation is 1. The maximum Gasteiger partial charge on any atom is 0.200 e. The molecule has 0 saturated carbocycles. The van der Waals surface area contributed by atoms with Gasteiger partial charge in [0.15, 0.2) is 0 Å². The number of hydrogen-bond donors (Lipinski definition) is 1. The van der Waals surface area contributed by atoms with E-state index in [-0.39, 0.29) is 12.4 Å². The maximum atomic E-state index is 11.5. The lowest BCUT2D eigenvalue weighted by Gasteiger charge is -2.18. The molecule has 0 aliphatic carbocycles. The van der Waals surface area contributed by atoms with Crippen LogP contribution in [0.2, 0.25) is 4.34 Å². The van der Waals surface area contributed by atoms with Crippen LogP contribution in [0, 0.1) is 6.92 Å². The minimum Gasteiger partial charge on any atom is -0.369 e. The van der Waals surface area contributed by atoms with E-state index in [1.165, 1.54) is 11.3 Å². The van der Waals surface area contributed by atoms with Crippen LogP contribution in [0.3, 0.4) is 0 Å². The fourth-order valence-corrected chi connectivity index (χ4v) is 3.43. The monoisotopic (exact) mass is 377 g/mol. The molecule has 2 rings (SSSR count). The van der Waals surface area contributed by atoms with Crippen molar-refractivity contribution in [3.8, 4) is 0 Å². The highest BCUT2D eigenvalue weighted by atomic mass is 35.5. The molecule has 22 heavy (non-hydrogen) atoms. The smallest absolute Gasteiger partial charge is 0.200 e. The van der Waals surface area contributed by atoms with Crippen LogP contribution in [-0.4, -0.2) is 23.5 Å². The second kappa shape index (κ2) is 7.97. The lowest BCUT2D eigenvalue weighted by atomic mass is 10.3. The van der Waals surface area contributed by atoms with E-state index in [9.17, 15) is 4.21 Å². The molecule has 8 heteroatoms. The first kappa shape index (κ1) is 19.0. The second-order valence-corrected chi connectivity index (χ2v) is 7.73. The summed E-state index contributed by atoms with van der Waals surface area (Å²) in [6, 6.07) is 9.28. The van der Waals surface area contributed by atoms with Crippen molar-refractivity contribution in [2.45, 2.75) is 11.8 Å². The Morgan fingerprint density at radius 1 is 1.41 bits per heavy atom. The number of anilines is 1. The average molecular weight is 378 g/mol. The number of rotatable bonds is 3. The van der Waals surface area contributed by atoms with Gasteiger partial charge < -0.3 is 10.6 Å². The summed E-state index contributed by atoms with van der Waals surface area (Å²) in [4.78, 5) is 7.92. The Hall–Kier alpha value is -1.08. The van der Waals surface area contributed by atoms with Gasteiger partial charge in [-0.05, 0) is 31.2 Å². The van der Waals surface area contributed by atoms with E-state index in [0.29, 0.717) is 16.0 Å². The van der Waals surface area contributed by atoms with Gasteiger partial charge in [-0.1, -0.05) is 17.7 Å². The van der Waals surface area contributed by atoms with Gasteiger partial charge in [-0.15, -0.1) is 23.7 Å². The normalized spacial score (nSPS) is 12.6. The number of halogens is 2. The van der Waals surface area contributed by atoms with Gasteiger partial charge in [0.05, 0.1) is 5.69 Å². The van der Waals surface area contributed by atoms with E-state index < -0.39 is 10.8 Å². The van der Waals surface area contributed by atoms with Gasteiger partial charge in [0.1, 0.15) is 4.34 Å². The fraction of sp³-hybridized carbons (Fsp3) is 0.214. The highest BCUT2D eigenvalue weighted by Crippen LogP contribution is 2.34. The third-order valence-corrected chi connectivity index (χ3v) is 5.08. The Bertz CT molecular complexity index is 716. The number of guanidine groups is 1.